The zero-order valence-corrected chi connectivity index (χ0v) is 11.4. The highest BCUT2D eigenvalue weighted by Crippen LogP contribution is 2.35. The van der Waals surface area contributed by atoms with Gasteiger partial charge in [-0.05, 0) is 18.2 Å². The Morgan fingerprint density at radius 3 is 2.85 bits per heavy atom. The molecule has 0 atom stereocenters. The molecule has 3 rings (SSSR count). The summed E-state index contributed by atoms with van der Waals surface area (Å²) in [6.45, 7) is 3.93. The van der Waals surface area contributed by atoms with E-state index in [1.54, 1.807) is 12.1 Å². The highest BCUT2D eigenvalue weighted by Gasteiger charge is 2.11. The molecule has 4 heteroatoms. The number of rotatable bonds is 3. The predicted octanol–water partition coefficient (Wildman–Crippen LogP) is 3.69. The van der Waals surface area contributed by atoms with Crippen LogP contribution in [-0.4, -0.2) is 11.7 Å². The Bertz CT molecular complexity index is 865. The summed E-state index contributed by atoms with van der Waals surface area (Å²) in [5.41, 5.74) is -0.0892. The lowest BCUT2D eigenvalue weighted by atomic mass is 10.1. The van der Waals surface area contributed by atoms with E-state index in [1.165, 1.54) is 23.5 Å². The van der Waals surface area contributed by atoms with Crippen LogP contribution >= 0.6 is 11.3 Å². The molecule has 0 radical (unpaired) electrons. The van der Waals surface area contributed by atoms with E-state index in [1.807, 2.05) is 18.2 Å². The van der Waals surface area contributed by atoms with Gasteiger partial charge in [0.2, 0.25) is 0 Å². The average molecular weight is 284 g/mol. The van der Waals surface area contributed by atoms with Crippen LogP contribution in [0, 0.1) is 0 Å². The number of benzene rings is 2. The summed E-state index contributed by atoms with van der Waals surface area (Å²) in [7, 11) is 0. The molecule has 3 aromatic rings. The van der Waals surface area contributed by atoms with Gasteiger partial charge in [-0.1, -0.05) is 24.8 Å². The van der Waals surface area contributed by atoms with Crippen molar-refractivity contribution in [2.75, 3.05) is 6.61 Å². The predicted molar refractivity (Wildman–Crippen MR) is 83.0 cm³/mol. The fraction of sp³-hybridized carbons (Fsp3) is 0.0625. The van der Waals surface area contributed by atoms with Crippen LogP contribution < -0.4 is 10.2 Å². The van der Waals surface area contributed by atoms with Crippen molar-refractivity contribution < 1.29 is 9.84 Å². The number of hydrogen-bond donors (Lipinski definition) is 1. The van der Waals surface area contributed by atoms with Crippen LogP contribution in [0.1, 0.15) is 0 Å². The van der Waals surface area contributed by atoms with Gasteiger partial charge in [-0.3, -0.25) is 4.79 Å². The third-order valence-corrected chi connectivity index (χ3v) is 4.19. The fourth-order valence-electron chi connectivity index (χ4n) is 2.12. The van der Waals surface area contributed by atoms with Gasteiger partial charge in [0.1, 0.15) is 18.1 Å². The Balaban J connectivity index is 2.41. The molecule has 0 aliphatic rings. The molecular weight excluding hydrogens is 272 g/mol. The van der Waals surface area contributed by atoms with Gasteiger partial charge in [0.15, 0.2) is 5.43 Å². The van der Waals surface area contributed by atoms with E-state index in [9.17, 15) is 9.90 Å². The monoisotopic (exact) mass is 284 g/mol. The molecule has 1 heterocycles. The highest BCUT2D eigenvalue weighted by atomic mass is 32.1. The first-order chi connectivity index (χ1) is 9.70. The Morgan fingerprint density at radius 2 is 2.05 bits per heavy atom. The molecule has 0 spiro atoms. The lowest BCUT2D eigenvalue weighted by Crippen LogP contribution is -2.02. The smallest absolute Gasteiger partial charge is 0.196 e. The summed E-state index contributed by atoms with van der Waals surface area (Å²) in [5.74, 6) is 0.531. The van der Waals surface area contributed by atoms with Gasteiger partial charge in [0.25, 0.3) is 0 Å². The fourth-order valence-corrected chi connectivity index (χ4v) is 3.23. The molecule has 0 bridgehead atoms. The van der Waals surface area contributed by atoms with Crippen LogP contribution in [0.2, 0.25) is 0 Å². The third-order valence-electron chi connectivity index (χ3n) is 2.98. The number of phenols is 1. The topological polar surface area (TPSA) is 46.5 Å². The van der Waals surface area contributed by atoms with Crippen molar-refractivity contribution >= 4 is 31.5 Å². The van der Waals surface area contributed by atoms with Gasteiger partial charge < -0.3 is 9.84 Å². The van der Waals surface area contributed by atoms with Crippen molar-refractivity contribution in [2.45, 2.75) is 0 Å². The molecule has 0 saturated carbocycles. The zero-order chi connectivity index (χ0) is 14.1. The molecule has 0 amide bonds. The number of phenolic OH excluding ortho intramolecular Hbond substituents is 1. The van der Waals surface area contributed by atoms with E-state index in [0.29, 0.717) is 23.1 Å². The minimum atomic E-state index is -0.0892. The first kappa shape index (κ1) is 12.7. The first-order valence-electron chi connectivity index (χ1n) is 6.13. The second-order valence-electron chi connectivity index (χ2n) is 4.35. The zero-order valence-electron chi connectivity index (χ0n) is 10.6. The molecule has 0 unspecified atom stereocenters. The van der Waals surface area contributed by atoms with Crippen LogP contribution in [0.25, 0.3) is 20.2 Å². The number of aromatic hydroxyl groups is 1. The maximum atomic E-state index is 12.5. The van der Waals surface area contributed by atoms with Crippen molar-refractivity contribution in [3.05, 3.63) is 59.3 Å². The SMILES string of the molecule is C=CCOc1cc(O)cc2c(=O)c3ccccc3sc12. The lowest BCUT2D eigenvalue weighted by Gasteiger charge is -2.08. The van der Waals surface area contributed by atoms with E-state index in [0.717, 1.165) is 9.40 Å². The third kappa shape index (κ3) is 2.04. The van der Waals surface area contributed by atoms with Crippen molar-refractivity contribution in [1.82, 2.24) is 0 Å². The molecule has 0 saturated heterocycles. The van der Waals surface area contributed by atoms with Crippen LogP contribution in [0.3, 0.4) is 0 Å². The first-order valence-corrected chi connectivity index (χ1v) is 6.94. The van der Waals surface area contributed by atoms with Gasteiger partial charge in [-0.2, -0.15) is 0 Å². The summed E-state index contributed by atoms with van der Waals surface area (Å²) in [6, 6.07) is 10.4. The molecule has 0 aliphatic carbocycles. The van der Waals surface area contributed by atoms with Gasteiger partial charge in [-0.25, -0.2) is 0 Å². The molecule has 3 nitrogen and oxygen atoms in total. The maximum absolute atomic E-state index is 12.5. The van der Waals surface area contributed by atoms with Crippen molar-refractivity contribution in [2.24, 2.45) is 0 Å². The largest absolute Gasteiger partial charge is 0.508 e. The van der Waals surface area contributed by atoms with Gasteiger partial charge in [0.05, 0.1) is 4.70 Å². The number of fused-ring (bicyclic) bond motifs is 2. The quantitative estimate of drug-likeness (QED) is 0.589. The summed E-state index contributed by atoms with van der Waals surface area (Å²) in [6.07, 6.45) is 1.62. The van der Waals surface area contributed by atoms with Crippen LogP contribution in [-0.2, 0) is 0 Å². The van der Waals surface area contributed by atoms with E-state index < -0.39 is 0 Å². The minimum absolute atomic E-state index is 0.0242. The molecule has 2 aromatic carbocycles. The maximum Gasteiger partial charge on any atom is 0.196 e. The molecule has 20 heavy (non-hydrogen) atoms. The summed E-state index contributed by atoms with van der Waals surface area (Å²) in [4.78, 5) is 12.5. The van der Waals surface area contributed by atoms with Gasteiger partial charge in [0, 0.05) is 21.5 Å². The van der Waals surface area contributed by atoms with Crippen molar-refractivity contribution in [3.63, 3.8) is 0 Å². The molecule has 0 aliphatic heterocycles. The molecule has 0 fully saturated rings. The Morgan fingerprint density at radius 1 is 1.25 bits per heavy atom. The Kier molecular flexibility index (Phi) is 3.16. The van der Waals surface area contributed by atoms with Gasteiger partial charge >= 0.3 is 0 Å². The number of ether oxygens (including phenoxy) is 1. The summed E-state index contributed by atoms with van der Waals surface area (Å²) < 4.78 is 7.19. The van der Waals surface area contributed by atoms with E-state index in [4.69, 9.17) is 4.74 Å². The van der Waals surface area contributed by atoms with Crippen LogP contribution in [0.15, 0.2) is 53.8 Å². The Hall–Kier alpha value is -2.33. The average Bonchev–Trinajstić information content (AvgIpc) is 2.46. The molecule has 100 valence electrons. The van der Waals surface area contributed by atoms with Crippen LogP contribution in [0.5, 0.6) is 11.5 Å². The normalized spacial score (nSPS) is 10.8. The van der Waals surface area contributed by atoms with Crippen LogP contribution in [0.4, 0.5) is 0 Å². The van der Waals surface area contributed by atoms with Crippen molar-refractivity contribution in [1.29, 1.82) is 0 Å². The summed E-state index contributed by atoms with van der Waals surface area (Å²) in [5, 5.41) is 10.9. The van der Waals surface area contributed by atoms with E-state index >= 15 is 0 Å². The standard InChI is InChI=1S/C16H12O3S/c1-2-7-19-13-9-10(17)8-12-15(18)11-5-3-4-6-14(11)20-16(12)13/h2-6,8-9,17H,1,7H2. The Labute approximate surface area is 119 Å². The second kappa shape index (κ2) is 4.98. The molecular formula is C16H12O3S. The molecule has 1 aromatic heterocycles. The van der Waals surface area contributed by atoms with Crippen molar-refractivity contribution in [3.8, 4) is 11.5 Å². The molecule has 1 N–H and O–H groups in total. The number of hydrogen-bond acceptors (Lipinski definition) is 4. The second-order valence-corrected chi connectivity index (χ2v) is 5.40. The highest BCUT2D eigenvalue weighted by molar-refractivity contribution is 7.24. The van der Waals surface area contributed by atoms with E-state index in [-0.39, 0.29) is 11.2 Å². The lowest BCUT2D eigenvalue weighted by molar-refractivity contribution is 0.365. The summed E-state index contributed by atoms with van der Waals surface area (Å²) >= 11 is 1.48. The minimum Gasteiger partial charge on any atom is -0.508 e. The van der Waals surface area contributed by atoms with E-state index in [2.05, 4.69) is 6.58 Å². The van der Waals surface area contributed by atoms with Gasteiger partial charge in [-0.15, -0.1) is 11.3 Å².